The third kappa shape index (κ3) is 10.0. The molecule has 0 saturated carbocycles. The summed E-state index contributed by atoms with van der Waals surface area (Å²) >= 11 is 0. The fourth-order valence-electron chi connectivity index (χ4n) is 2.12. The number of quaternary nitrogens is 1. The van der Waals surface area contributed by atoms with Gasteiger partial charge in [0.05, 0.1) is 32.5 Å². The molecule has 0 aromatic carbocycles. The van der Waals surface area contributed by atoms with Crippen LogP contribution in [0.25, 0.3) is 0 Å². The summed E-state index contributed by atoms with van der Waals surface area (Å²) in [5, 5.41) is 27.2. The molecule has 0 unspecified atom stereocenters. The molecule has 3 N–H and O–H groups in total. The van der Waals surface area contributed by atoms with E-state index in [-0.39, 0.29) is 37.1 Å². The van der Waals surface area contributed by atoms with E-state index in [4.69, 9.17) is 10.2 Å². The van der Waals surface area contributed by atoms with Crippen molar-refractivity contribution in [1.82, 2.24) is 0 Å². The molecule has 0 amide bonds. The summed E-state index contributed by atoms with van der Waals surface area (Å²) in [6.45, 7) is 2.95. The van der Waals surface area contributed by atoms with Gasteiger partial charge in [0.15, 0.2) is 6.73 Å². The minimum absolute atomic E-state index is 0.0697. The highest BCUT2D eigenvalue weighted by Crippen LogP contribution is 2.11. The first-order chi connectivity index (χ1) is 9.95. The van der Waals surface area contributed by atoms with E-state index in [1.165, 1.54) is 0 Å². The molecule has 0 aliphatic heterocycles. The number of allylic oxidation sites excluding steroid dienone is 1. The maximum atomic E-state index is 10.7. The molecule has 0 bridgehead atoms. The Kier molecular flexibility index (Phi) is 10.5. The number of nitrogens with zero attached hydrogens (tertiary/aromatic N) is 1. The van der Waals surface area contributed by atoms with Crippen molar-refractivity contribution < 1.29 is 29.4 Å². The summed E-state index contributed by atoms with van der Waals surface area (Å²) < 4.78 is 0.122. The van der Waals surface area contributed by atoms with Crippen LogP contribution in [0.4, 0.5) is 0 Å². The molecule has 6 heteroatoms. The van der Waals surface area contributed by atoms with Crippen LogP contribution in [0.2, 0.25) is 0 Å². The van der Waals surface area contributed by atoms with Crippen molar-refractivity contribution in [3.05, 3.63) is 12.2 Å². The van der Waals surface area contributed by atoms with Gasteiger partial charge >= 0.3 is 11.9 Å². The molecule has 0 spiro atoms. The lowest BCUT2D eigenvalue weighted by Gasteiger charge is -2.35. The number of rotatable bonds is 13. The minimum atomic E-state index is -0.931. The van der Waals surface area contributed by atoms with Crippen LogP contribution in [0.3, 0.4) is 0 Å². The van der Waals surface area contributed by atoms with E-state index in [1.807, 2.05) is 6.08 Å². The number of aliphatic hydroxyl groups excluding tert-OH is 1. The van der Waals surface area contributed by atoms with Crippen molar-refractivity contribution in [2.75, 3.05) is 26.4 Å². The number of unbranched alkanes of at least 4 members (excludes halogenated alkanes) is 2. The van der Waals surface area contributed by atoms with E-state index in [2.05, 4.69) is 13.0 Å². The van der Waals surface area contributed by atoms with E-state index >= 15 is 0 Å². The first kappa shape index (κ1) is 19.6. The summed E-state index contributed by atoms with van der Waals surface area (Å²) in [5.41, 5.74) is 0. The van der Waals surface area contributed by atoms with Crippen LogP contribution in [0.15, 0.2) is 12.2 Å². The second kappa shape index (κ2) is 11.3. The maximum absolute atomic E-state index is 10.7. The molecule has 0 atom stereocenters. The quantitative estimate of drug-likeness (QED) is 0.209. The van der Waals surface area contributed by atoms with Crippen molar-refractivity contribution in [3.63, 3.8) is 0 Å². The highest BCUT2D eigenvalue weighted by Gasteiger charge is 2.27. The van der Waals surface area contributed by atoms with Gasteiger partial charge in [-0.2, -0.15) is 0 Å². The Morgan fingerprint density at radius 1 is 0.952 bits per heavy atom. The number of carbonyl (C=O) groups is 2. The summed E-state index contributed by atoms with van der Waals surface area (Å²) in [5.74, 6) is -1.86. The van der Waals surface area contributed by atoms with Gasteiger partial charge in [-0.25, -0.2) is 0 Å². The molecule has 0 heterocycles. The zero-order valence-electron chi connectivity index (χ0n) is 12.8. The summed E-state index contributed by atoms with van der Waals surface area (Å²) in [4.78, 5) is 21.5. The Balaban J connectivity index is 4.48. The third-order valence-electron chi connectivity index (χ3n) is 3.56. The normalized spacial score (nSPS) is 11.9. The van der Waals surface area contributed by atoms with Gasteiger partial charge in [-0.15, -0.1) is 0 Å². The molecule has 0 saturated heterocycles. The minimum Gasteiger partial charge on any atom is -0.481 e. The fourth-order valence-corrected chi connectivity index (χ4v) is 2.12. The van der Waals surface area contributed by atoms with E-state index in [0.717, 1.165) is 19.3 Å². The first-order valence-corrected chi connectivity index (χ1v) is 7.50. The van der Waals surface area contributed by atoms with E-state index in [0.29, 0.717) is 13.0 Å². The maximum Gasteiger partial charge on any atom is 0.309 e. The van der Waals surface area contributed by atoms with E-state index in [1.54, 1.807) is 0 Å². The van der Waals surface area contributed by atoms with Crippen LogP contribution in [-0.2, 0) is 9.59 Å². The van der Waals surface area contributed by atoms with Crippen LogP contribution in [0.5, 0.6) is 0 Å². The number of hydrogen-bond donors (Lipinski definition) is 3. The lowest BCUT2D eigenvalue weighted by atomic mass is 10.2. The summed E-state index contributed by atoms with van der Waals surface area (Å²) in [7, 11) is 0. The lowest BCUT2D eigenvalue weighted by molar-refractivity contribution is -0.943. The lowest BCUT2D eigenvalue weighted by Crippen LogP contribution is -2.51. The highest BCUT2D eigenvalue weighted by atomic mass is 16.4. The van der Waals surface area contributed by atoms with Crippen molar-refractivity contribution in [3.8, 4) is 0 Å². The van der Waals surface area contributed by atoms with Gasteiger partial charge in [0.2, 0.25) is 0 Å². The molecule has 0 fully saturated rings. The van der Waals surface area contributed by atoms with Crippen LogP contribution in [0.1, 0.15) is 45.4 Å². The monoisotopic (exact) mass is 302 g/mol. The molecule has 122 valence electrons. The van der Waals surface area contributed by atoms with Gasteiger partial charge in [-0.05, 0) is 6.42 Å². The predicted molar refractivity (Wildman–Crippen MR) is 79.7 cm³/mol. The Morgan fingerprint density at radius 3 is 1.90 bits per heavy atom. The van der Waals surface area contributed by atoms with Gasteiger partial charge in [0.1, 0.15) is 0 Å². The Morgan fingerprint density at radius 2 is 1.48 bits per heavy atom. The standard InChI is InChI=1S/C15H27NO5/c1-2-3-4-5-6-7-10-16(13-17,11-8-14(18)19)12-9-15(20)21/h5-6,17H,2-4,7-13H2,1H3,(H-,18,19,20,21)/p+1/b6-5+. The molecule has 0 aromatic rings. The molecule has 6 nitrogen and oxygen atoms in total. The Labute approximate surface area is 126 Å². The van der Waals surface area contributed by atoms with Crippen LogP contribution in [0, 0.1) is 0 Å². The average molecular weight is 302 g/mol. The topological polar surface area (TPSA) is 94.8 Å². The van der Waals surface area contributed by atoms with Crippen molar-refractivity contribution in [2.24, 2.45) is 0 Å². The molecule has 0 rings (SSSR count). The molecule has 0 aliphatic carbocycles. The molecule has 0 aromatic heterocycles. The number of carboxylic acids is 2. The number of aliphatic hydroxyl groups is 1. The van der Waals surface area contributed by atoms with Crippen molar-refractivity contribution in [2.45, 2.75) is 45.4 Å². The summed E-state index contributed by atoms with van der Waals surface area (Å²) in [6.07, 6.45) is 7.97. The van der Waals surface area contributed by atoms with Gasteiger partial charge in [-0.1, -0.05) is 31.9 Å². The van der Waals surface area contributed by atoms with Gasteiger partial charge < -0.3 is 19.8 Å². The van der Waals surface area contributed by atoms with Gasteiger partial charge in [-0.3, -0.25) is 9.59 Å². The van der Waals surface area contributed by atoms with Crippen LogP contribution >= 0.6 is 0 Å². The summed E-state index contributed by atoms with van der Waals surface area (Å²) in [6, 6.07) is 0. The molecule has 0 aliphatic rings. The average Bonchev–Trinajstić information content (AvgIpc) is 2.45. The Bertz CT molecular complexity index is 323. The third-order valence-corrected chi connectivity index (χ3v) is 3.56. The fraction of sp³-hybridized carbons (Fsp3) is 0.733. The van der Waals surface area contributed by atoms with E-state index in [9.17, 15) is 14.7 Å². The van der Waals surface area contributed by atoms with Crippen molar-refractivity contribution >= 4 is 11.9 Å². The number of carboxylic acid groups (broad SMARTS) is 2. The predicted octanol–water partition coefficient (Wildman–Crippen LogP) is 1.84. The SMILES string of the molecule is CCCC/C=C/CC[N+](CO)(CCC(=O)O)CCC(=O)O. The Hall–Kier alpha value is -1.40. The first-order valence-electron chi connectivity index (χ1n) is 7.50. The molecular formula is C15H28NO5+. The van der Waals surface area contributed by atoms with Gasteiger partial charge in [0, 0.05) is 6.42 Å². The second-order valence-corrected chi connectivity index (χ2v) is 5.34. The van der Waals surface area contributed by atoms with Gasteiger partial charge in [0.25, 0.3) is 0 Å². The van der Waals surface area contributed by atoms with Crippen LogP contribution < -0.4 is 0 Å². The number of aliphatic carboxylic acids is 2. The zero-order valence-corrected chi connectivity index (χ0v) is 12.8. The van der Waals surface area contributed by atoms with Crippen molar-refractivity contribution in [1.29, 1.82) is 0 Å². The smallest absolute Gasteiger partial charge is 0.309 e. The molecule has 0 radical (unpaired) electrons. The van der Waals surface area contributed by atoms with Crippen LogP contribution in [-0.4, -0.2) is 58.1 Å². The molecular weight excluding hydrogens is 274 g/mol. The molecule has 21 heavy (non-hydrogen) atoms. The highest BCUT2D eigenvalue weighted by molar-refractivity contribution is 5.67. The zero-order chi connectivity index (χ0) is 16.1. The second-order valence-electron chi connectivity index (χ2n) is 5.34. The largest absolute Gasteiger partial charge is 0.481 e. The number of hydrogen-bond acceptors (Lipinski definition) is 3. The van der Waals surface area contributed by atoms with E-state index < -0.39 is 11.9 Å².